The van der Waals surface area contributed by atoms with Gasteiger partial charge in [0.05, 0.1) is 11.0 Å². The molecule has 0 atom stereocenters. The van der Waals surface area contributed by atoms with Crippen molar-refractivity contribution in [1.29, 1.82) is 0 Å². The van der Waals surface area contributed by atoms with E-state index in [4.69, 9.17) is 0 Å². The van der Waals surface area contributed by atoms with Gasteiger partial charge in [-0.3, -0.25) is 0 Å². The Morgan fingerprint density at radius 1 is 0.459 bits per heavy atom. The Labute approximate surface area is 216 Å². The van der Waals surface area contributed by atoms with Gasteiger partial charge in [-0.1, -0.05) is 91.0 Å². The number of hydrogen-bond acceptors (Lipinski definition) is 1. The van der Waals surface area contributed by atoms with Crippen molar-refractivity contribution in [2.24, 2.45) is 0 Å². The van der Waals surface area contributed by atoms with E-state index in [1.165, 1.54) is 49.4 Å². The van der Waals surface area contributed by atoms with Crippen molar-refractivity contribution in [3.8, 4) is 16.8 Å². The molecule has 37 heavy (non-hydrogen) atoms. The van der Waals surface area contributed by atoms with E-state index in [2.05, 4.69) is 156 Å². The normalized spacial score (nSPS) is 11.4. The first-order valence-electron chi connectivity index (χ1n) is 12.7. The van der Waals surface area contributed by atoms with E-state index in [1.54, 1.807) is 0 Å². The van der Waals surface area contributed by atoms with Crippen LogP contribution < -0.4 is 4.90 Å². The molecule has 2 heteroatoms. The summed E-state index contributed by atoms with van der Waals surface area (Å²) in [5.41, 5.74) is 8.35. The first-order valence-corrected chi connectivity index (χ1v) is 12.7. The Morgan fingerprint density at radius 2 is 1.11 bits per heavy atom. The van der Waals surface area contributed by atoms with Crippen molar-refractivity contribution >= 4 is 44.0 Å². The molecule has 0 unspecified atom stereocenters. The molecule has 2 nitrogen and oxygen atoms in total. The zero-order valence-corrected chi connectivity index (χ0v) is 20.7. The van der Waals surface area contributed by atoms with Gasteiger partial charge < -0.3 is 9.47 Å². The molecule has 0 saturated carbocycles. The topological polar surface area (TPSA) is 8.17 Å². The highest BCUT2D eigenvalue weighted by molar-refractivity contribution is 6.14. The fourth-order valence-corrected chi connectivity index (χ4v) is 5.43. The molecule has 0 saturated heterocycles. The lowest BCUT2D eigenvalue weighted by Gasteiger charge is -2.20. The molecule has 0 spiro atoms. The third-order valence-corrected chi connectivity index (χ3v) is 7.36. The van der Waals surface area contributed by atoms with E-state index in [0.29, 0.717) is 0 Å². The molecule has 0 radical (unpaired) electrons. The van der Waals surface area contributed by atoms with E-state index >= 15 is 0 Å². The molecular formula is C35H26N2. The van der Waals surface area contributed by atoms with E-state index in [9.17, 15) is 0 Å². The predicted molar refractivity (Wildman–Crippen MR) is 158 cm³/mol. The quantitative estimate of drug-likeness (QED) is 0.247. The summed E-state index contributed by atoms with van der Waals surface area (Å²) in [7, 11) is 2.13. The summed E-state index contributed by atoms with van der Waals surface area (Å²) in [6.45, 7) is 0. The van der Waals surface area contributed by atoms with Crippen molar-refractivity contribution in [1.82, 2.24) is 4.57 Å². The number of fused-ring (bicyclic) bond motifs is 4. The lowest BCUT2D eigenvalue weighted by atomic mass is 10.0. The molecule has 1 aromatic heterocycles. The molecule has 0 aliphatic heterocycles. The fourth-order valence-electron chi connectivity index (χ4n) is 5.43. The second-order valence-electron chi connectivity index (χ2n) is 9.56. The monoisotopic (exact) mass is 474 g/mol. The van der Waals surface area contributed by atoms with Gasteiger partial charge in [0.1, 0.15) is 0 Å². The second kappa shape index (κ2) is 8.69. The van der Waals surface area contributed by atoms with Crippen LogP contribution in [0.2, 0.25) is 0 Å². The SMILES string of the molecule is CN(c1ccccc1)c1ccc2c3cc4ccccc4cc3n(-c3cccc(-c4ccccc4)c3)c2c1. The molecule has 7 rings (SSSR count). The molecule has 176 valence electrons. The zero-order chi connectivity index (χ0) is 24.8. The molecule has 7 aromatic rings. The van der Waals surface area contributed by atoms with Gasteiger partial charge in [0.25, 0.3) is 0 Å². The second-order valence-corrected chi connectivity index (χ2v) is 9.56. The molecule has 0 aliphatic rings. The Hall–Kier alpha value is -4.82. The van der Waals surface area contributed by atoms with Crippen LogP contribution in [0.15, 0.2) is 140 Å². The maximum atomic E-state index is 2.42. The summed E-state index contributed by atoms with van der Waals surface area (Å²) < 4.78 is 2.42. The highest BCUT2D eigenvalue weighted by atomic mass is 15.1. The lowest BCUT2D eigenvalue weighted by molar-refractivity contribution is 1.17. The third-order valence-electron chi connectivity index (χ3n) is 7.36. The van der Waals surface area contributed by atoms with E-state index in [0.717, 1.165) is 11.4 Å². The average Bonchev–Trinajstić information content (AvgIpc) is 3.29. The van der Waals surface area contributed by atoms with Gasteiger partial charge in [-0.15, -0.1) is 0 Å². The maximum Gasteiger partial charge on any atom is 0.0561 e. The van der Waals surface area contributed by atoms with Crippen molar-refractivity contribution in [3.63, 3.8) is 0 Å². The number of benzene rings is 6. The largest absolute Gasteiger partial charge is 0.345 e. The van der Waals surface area contributed by atoms with Crippen LogP contribution in [-0.2, 0) is 0 Å². The number of para-hydroxylation sites is 1. The van der Waals surface area contributed by atoms with Gasteiger partial charge in [-0.25, -0.2) is 0 Å². The minimum atomic E-state index is 1.16. The number of anilines is 2. The number of hydrogen-bond donors (Lipinski definition) is 0. The Kier molecular flexibility index (Phi) is 5.04. The van der Waals surface area contributed by atoms with Crippen LogP contribution in [0.25, 0.3) is 49.4 Å². The third kappa shape index (κ3) is 3.66. The van der Waals surface area contributed by atoms with Crippen molar-refractivity contribution in [2.45, 2.75) is 0 Å². The molecule has 0 amide bonds. The number of rotatable bonds is 4. The minimum absolute atomic E-state index is 1.16. The standard InChI is InChI=1S/C35H26N2/c1-36(29-16-6-3-7-17-29)30-19-20-32-33-22-27-13-8-9-14-28(27)23-34(33)37(35(32)24-30)31-18-10-15-26(21-31)25-11-4-2-5-12-25/h2-24H,1H3. The molecule has 6 aromatic carbocycles. The van der Waals surface area contributed by atoms with E-state index in [-0.39, 0.29) is 0 Å². The van der Waals surface area contributed by atoms with Gasteiger partial charge >= 0.3 is 0 Å². The summed E-state index contributed by atoms with van der Waals surface area (Å²) in [5.74, 6) is 0. The first-order chi connectivity index (χ1) is 18.3. The molecule has 0 aliphatic carbocycles. The van der Waals surface area contributed by atoms with Gasteiger partial charge in [0.15, 0.2) is 0 Å². The first kappa shape index (κ1) is 21.5. The molecular weight excluding hydrogens is 448 g/mol. The number of aromatic nitrogens is 1. The molecule has 0 bridgehead atoms. The lowest BCUT2D eigenvalue weighted by Crippen LogP contribution is -2.09. The summed E-state index contributed by atoms with van der Waals surface area (Å²) in [4.78, 5) is 2.25. The highest BCUT2D eigenvalue weighted by Crippen LogP contribution is 2.38. The van der Waals surface area contributed by atoms with Crippen LogP contribution in [0, 0.1) is 0 Å². The summed E-state index contributed by atoms with van der Waals surface area (Å²) in [6.07, 6.45) is 0. The smallest absolute Gasteiger partial charge is 0.0561 e. The Morgan fingerprint density at radius 3 is 1.89 bits per heavy atom. The van der Waals surface area contributed by atoms with Gasteiger partial charge in [-0.05, 0) is 70.4 Å². The zero-order valence-electron chi connectivity index (χ0n) is 20.7. The summed E-state index contributed by atoms with van der Waals surface area (Å²) in [6, 6.07) is 50.1. The van der Waals surface area contributed by atoms with Crippen LogP contribution in [0.4, 0.5) is 11.4 Å². The average molecular weight is 475 g/mol. The van der Waals surface area contributed by atoms with E-state index < -0.39 is 0 Å². The van der Waals surface area contributed by atoms with Crippen LogP contribution in [-0.4, -0.2) is 11.6 Å². The van der Waals surface area contributed by atoms with Crippen molar-refractivity contribution in [3.05, 3.63) is 140 Å². The van der Waals surface area contributed by atoms with Gasteiger partial charge in [-0.2, -0.15) is 0 Å². The van der Waals surface area contributed by atoms with Crippen LogP contribution in [0.1, 0.15) is 0 Å². The highest BCUT2D eigenvalue weighted by Gasteiger charge is 2.16. The minimum Gasteiger partial charge on any atom is -0.345 e. The molecule has 1 heterocycles. The van der Waals surface area contributed by atoms with E-state index in [1.807, 2.05) is 0 Å². The van der Waals surface area contributed by atoms with Crippen molar-refractivity contribution in [2.75, 3.05) is 11.9 Å². The van der Waals surface area contributed by atoms with Gasteiger partial charge in [0.2, 0.25) is 0 Å². The van der Waals surface area contributed by atoms with Crippen LogP contribution in [0.5, 0.6) is 0 Å². The molecule has 0 N–H and O–H groups in total. The Balaban J connectivity index is 1.51. The van der Waals surface area contributed by atoms with Crippen molar-refractivity contribution < 1.29 is 0 Å². The Bertz CT molecular complexity index is 1880. The van der Waals surface area contributed by atoms with Crippen LogP contribution in [0.3, 0.4) is 0 Å². The fraction of sp³-hybridized carbons (Fsp3) is 0.0286. The summed E-state index contributed by atoms with van der Waals surface area (Å²) in [5, 5.41) is 5.04. The van der Waals surface area contributed by atoms with Gasteiger partial charge in [0, 0.05) is 34.9 Å². The predicted octanol–water partition coefficient (Wildman–Crippen LogP) is 9.37. The maximum absolute atomic E-state index is 2.42. The molecule has 0 fully saturated rings. The van der Waals surface area contributed by atoms with Crippen LogP contribution >= 0.6 is 0 Å². The summed E-state index contributed by atoms with van der Waals surface area (Å²) >= 11 is 0. The number of nitrogens with zero attached hydrogens (tertiary/aromatic N) is 2.